The van der Waals surface area contributed by atoms with E-state index in [0.717, 1.165) is 32.7 Å². The number of aromatic nitrogens is 2. The van der Waals surface area contributed by atoms with Gasteiger partial charge in [0.15, 0.2) is 0 Å². The molecule has 1 amide bonds. The largest absolute Gasteiger partial charge is 0.321 e. The molecule has 0 unspecified atom stereocenters. The Morgan fingerprint density at radius 3 is 2.47 bits per heavy atom. The Balaban J connectivity index is 1.38. The minimum atomic E-state index is -0.235. The zero-order valence-electron chi connectivity index (χ0n) is 15.9. The lowest BCUT2D eigenvalue weighted by Gasteiger charge is -2.07. The van der Waals surface area contributed by atoms with E-state index in [4.69, 9.17) is 4.98 Å². The fraction of sp³-hybridized carbons (Fsp3) is 0. The van der Waals surface area contributed by atoms with Gasteiger partial charge in [0.25, 0.3) is 5.91 Å². The average Bonchev–Trinajstić information content (AvgIpc) is 3.30. The number of fused-ring (bicyclic) bond motifs is 1. The Morgan fingerprint density at radius 2 is 1.57 bits per heavy atom. The van der Waals surface area contributed by atoms with E-state index < -0.39 is 0 Å². The predicted molar refractivity (Wildman–Crippen MR) is 123 cm³/mol. The van der Waals surface area contributed by atoms with Crippen LogP contribution >= 0.6 is 11.3 Å². The van der Waals surface area contributed by atoms with Gasteiger partial charge in [0.2, 0.25) is 0 Å². The molecule has 3 aromatic carbocycles. The van der Waals surface area contributed by atoms with Crippen molar-refractivity contribution in [1.29, 1.82) is 0 Å². The Bertz CT molecular complexity index is 1340. The zero-order chi connectivity index (χ0) is 20.3. The number of para-hydroxylation sites is 1. The molecule has 2 heterocycles. The zero-order valence-corrected chi connectivity index (χ0v) is 16.8. The van der Waals surface area contributed by atoms with Gasteiger partial charge in [-0.2, -0.15) is 0 Å². The van der Waals surface area contributed by atoms with Crippen LogP contribution < -0.4 is 5.32 Å². The first kappa shape index (κ1) is 18.2. The van der Waals surface area contributed by atoms with Gasteiger partial charge in [-0.3, -0.25) is 4.79 Å². The van der Waals surface area contributed by atoms with Crippen molar-refractivity contribution in [2.45, 2.75) is 0 Å². The van der Waals surface area contributed by atoms with Crippen molar-refractivity contribution >= 4 is 33.8 Å². The fourth-order valence-corrected chi connectivity index (χ4v) is 4.10. The minimum absolute atomic E-state index is 0.235. The molecule has 2 aromatic heterocycles. The molecule has 0 aliphatic rings. The van der Waals surface area contributed by atoms with Crippen molar-refractivity contribution < 1.29 is 4.79 Å². The van der Waals surface area contributed by atoms with Gasteiger partial charge in [0.1, 0.15) is 10.7 Å². The van der Waals surface area contributed by atoms with Crippen LogP contribution in [0.1, 0.15) is 10.5 Å². The smallest absolute Gasteiger partial charge is 0.274 e. The van der Waals surface area contributed by atoms with Crippen LogP contribution in [0.25, 0.3) is 32.7 Å². The second-order valence-corrected chi connectivity index (χ2v) is 7.69. The highest BCUT2D eigenvalue weighted by Gasteiger charge is 2.11. The number of amides is 1. The molecule has 0 spiro atoms. The quantitative estimate of drug-likeness (QED) is 0.382. The number of pyridine rings is 1. The summed E-state index contributed by atoms with van der Waals surface area (Å²) in [5.74, 6) is -0.235. The number of nitrogens with zero attached hydrogens (tertiary/aromatic N) is 2. The molecule has 0 atom stereocenters. The Kier molecular flexibility index (Phi) is 4.79. The van der Waals surface area contributed by atoms with E-state index in [1.807, 2.05) is 78.2 Å². The summed E-state index contributed by atoms with van der Waals surface area (Å²) in [5.41, 5.74) is 4.84. The Morgan fingerprint density at radius 1 is 0.767 bits per heavy atom. The Labute approximate surface area is 177 Å². The molecular weight excluding hydrogens is 390 g/mol. The number of thiazole rings is 1. The highest BCUT2D eigenvalue weighted by atomic mass is 32.1. The fourth-order valence-electron chi connectivity index (χ4n) is 3.26. The monoisotopic (exact) mass is 407 g/mol. The molecule has 5 aromatic rings. The lowest BCUT2D eigenvalue weighted by atomic mass is 10.1. The van der Waals surface area contributed by atoms with Crippen LogP contribution in [0.5, 0.6) is 0 Å². The second kappa shape index (κ2) is 7.89. The summed E-state index contributed by atoms with van der Waals surface area (Å²) < 4.78 is 0. The normalized spacial score (nSPS) is 10.8. The van der Waals surface area contributed by atoms with Crippen LogP contribution in [-0.4, -0.2) is 15.9 Å². The van der Waals surface area contributed by atoms with Crippen LogP contribution in [0, 0.1) is 0 Å². The lowest BCUT2D eigenvalue weighted by Crippen LogP contribution is -2.13. The maximum Gasteiger partial charge on any atom is 0.274 e. The van der Waals surface area contributed by atoms with E-state index in [1.165, 1.54) is 0 Å². The number of carbonyl (C=O) groups is 1. The molecule has 5 rings (SSSR count). The van der Waals surface area contributed by atoms with Crippen molar-refractivity contribution in [3.05, 3.63) is 102 Å². The number of benzene rings is 3. The van der Waals surface area contributed by atoms with Crippen molar-refractivity contribution in [1.82, 2.24) is 9.97 Å². The molecule has 0 fully saturated rings. The van der Waals surface area contributed by atoms with Gasteiger partial charge in [-0.25, -0.2) is 9.97 Å². The van der Waals surface area contributed by atoms with Crippen molar-refractivity contribution in [3.63, 3.8) is 0 Å². The molecule has 0 bridgehead atoms. The summed E-state index contributed by atoms with van der Waals surface area (Å²) >= 11 is 1.61. The second-order valence-electron chi connectivity index (χ2n) is 6.83. The third-order valence-corrected chi connectivity index (χ3v) is 5.66. The van der Waals surface area contributed by atoms with Crippen molar-refractivity contribution in [3.8, 4) is 21.8 Å². The van der Waals surface area contributed by atoms with E-state index in [0.29, 0.717) is 11.4 Å². The molecule has 0 saturated carbocycles. The molecule has 0 radical (unpaired) electrons. The number of rotatable bonds is 4. The van der Waals surface area contributed by atoms with Gasteiger partial charge in [-0.1, -0.05) is 66.7 Å². The third kappa shape index (κ3) is 3.71. The van der Waals surface area contributed by atoms with Crippen LogP contribution in [0.2, 0.25) is 0 Å². The molecule has 4 nitrogen and oxygen atoms in total. The average molecular weight is 407 g/mol. The maximum absolute atomic E-state index is 12.7. The molecular formula is C25H17N3OS. The summed E-state index contributed by atoms with van der Waals surface area (Å²) in [4.78, 5) is 21.9. The van der Waals surface area contributed by atoms with E-state index in [-0.39, 0.29) is 5.91 Å². The first-order chi connectivity index (χ1) is 14.8. The third-order valence-electron chi connectivity index (χ3n) is 4.77. The summed E-state index contributed by atoms with van der Waals surface area (Å²) in [6.45, 7) is 0. The first-order valence-corrected chi connectivity index (χ1v) is 10.4. The van der Waals surface area contributed by atoms with Gasteiger partial charge in [-0.05, 0) is 24.3 Å². The van der Waals surface area contributed by atoms with Crippen LogP contribution in [0.15, 0.2) is 96.4 Å². The molecule has 0 aliphatic heterocycles. The summed E-state index contributed by atoms with van der Waals surface area (Å²) in [5, 5.41) is 6.96. The number of anilines is 1. The maximum atomic E-state index is 12.7. The van der Waals surface area contributed by atoms with Crippen LogP contribution in [0.4, 0.5) is 5.69 Å². The number of hydrogen-bond acceptors (Lipinski definition) is 4. The predicted octanol–water partition coefficient (Wildman–Crippen LogP) is 6.28. The van der Waals surface area contributed by atoms with E-state index in [9.17, 15) is 4.79 Å². The SMILES string of the molecule is O=C(Nc1cccc(-c2csc(-c3ccccc3)n2)c1)c1ccc2ccccc2n1. The molecule has 1 N–H and O–H groups in total. The highest BCUT2D eigenvalue weighted by Crippen LogP contribution is 2.30. The molecule has 144 valence electrons. The van der Waals surface area contributed by atoms with Gasteiger partial charge in [0, 0.05) is 27.6 Å². The van der Waals surface area contributed by atoms with Gasteiger partial charge < -0.3 is 5.32 Å². The van der Waals surface area contributed by atoms with Crippen molar-refractivity contribution in [2.24, 2.45) is 0 Å². The summed E-state index contributed by atoms with van der Waals surface area (Å²) in [6, 6.07) is 29.2. The summed E-state index contributed by atoms with van der Waals surface area (Å²) in [7, 11) is 0. The van der Waals surface area contributed by atoms with Crippen LogP contribution in [-0.2, 0) is 0 Å². The number of hydrogen-bond donors (Lipinski definition) is 1. The van der Waals surface area contributed by atoms with Crippen LogP contribution in [0.3, 0.4) is 0 Å². The first-order valence-electron chi connectivity index (χ1n) is 9.55. The lowest BCUT2D eigenvalue weighted by molar-refractivity contribution is 0.102. The number of nitrogens with one attached hydrogen (secondary N) is 1. The molecule has 0 aliphatic carbocycles. The molecule has 30 heavy (non-hydrogen) atoms. The molecule has 0 saturated heterocycles. The van der Waals surface area contributed by atoms with E-state index in [1.54, 1.807) is 17.4 Å². The van der Waals surface area contributed by atoms with E-state index >= 15 is 0 Å². The molecule has 5 heteroatoms. The topological polar surface area (TPSA) is 54.9 Å². The Hall–Kier alpha value is -3.83. The van der Waals surface area contributed by atoms with Gasteiger partial charge in [-0.15, -0.1) is 11.3 Å². The highest BCUT2D eigenvalue weighted by molar-refractivity contribution is 7.13. The summed E-state index contributed by atoms with van der Waals surface area (Å²) in [6.07, 6.45) is 0. The van der Waals surface area contributed by atoms with Gasteiger partial charge in [0.05, 0.1) is 11.2 Å². The van der Waals surface area contributed by atoms with Crippen molar-refractivity contribution in [2.75, 3.05) is 5.32 Å². The standard InChI is InChI=1S/C25H17N3OS/c29-24(22-14-13-17-7-4-5-12-21(17)27-22)26-20-11-6-10-19(15-20)23-16-30-25(28-23)18-8-2-1-3-9-18/h1-16H,(H,26,29). The van der Waals surface area contributed by atoms with Gasteiger partial charge >= 0.3 is 0 Å². The number of carbonyl (C=O) groups excluding carboxylic acids is 1. The minimum Gasteiger partial charge on any atom is -0.321 e. The van der Waals surface area contributed by atoms with E-state index in [2.05, 4.69) is 22.4 Å².